The first-order valence-electron chi connectivity index (χ1n) is 22.4. The molecular formula is C51H64O13Si. The van der Waals surface area contributed by atoms with Crippen LogP contribution in [0.1, 0.15) is 55.6 Å². The van der Waals surface area contributed by atoms with Crippen molar-refractivity contribution in [2.45, 2.75) is 126 Å². The number of hydrogen-bond acceptors (Lipinski definition) is 13. The Bertz CT molecular complexity index is 2080. The van der Waals surface area contributed by atoms with Gasteiger partial charge in [-0.1, -0.05) is 112 Å². The molecule has 4 aromatic carbocycles. The Labute approximate surface area is 384 Å². The van der Waals surface area contributed by atoms with Crippen molar-refractivity contribution >= 4 is 8.32 Å². The van der Waals surface area contributed by atoms with E-state index in [2.05, 4.69) is 40.4 Å². The third kappa shape index (κ3) is 11.2. The number of benzene rings is 4. The monoisotopic (exact) mass is 912 g/mol. The summed E-state index contributed by atoms with van der Waals surface area (Å²) in [7, 11) is 0.695. The Hall–Kier alpha value is -4.00. The zero-order chi connectivity index (χ0) is 45.6. The van der Waals surface area contributed by atoms with Gasteiger partial charge in [-0.05, 0) is 53.5 Å². The van der Waals surface area contributed by atoms with Crippen molar-refractivity contribution in [3.8, 4) is 11.5 Å². The maximum atomic E-state index is 7.43. The highest BCUT2D eigenvalue weighted by molar-refractivity contribution is 6.74. The molecule has 0 aromatic heterocycles. The first-order valence-corrected chi connectivity index (χ1v) is 25.3. The standard InChI is InChI=1S/C51H64O13Si/c1-9-28-54-49-45(43(55-29-33-20-24-37(52-5)25-21-33)41-39(59-49)31-57-47(61-41)35-16-12-10-13-17-35)63-50-46(64-65(7,8)51(2,3)4)44(56-30-34-22-26-38(53-6)27-23-34)42-40(60-50)32-58-48(62-42)36-18-14-11-15-19-36/h9-27,39-50H,1,28-32H2,2-8H3/t39-,40-,41-,42-,43+,44+,45+,46+,47?,48?,49+,50+/m1/s1. The lowest BCUT2D eigenvalue weighted by molar-refractivity contribution is -0.408. The highest BCUT2D eigenvalue weighted by Crippen LogP contribution is 2.45. The van der Waals surface area contributed by atoms with Crippen LogP contribution in [0.3, 0.4) is 0 Å². The van der Waals surface area contributed by atoms with Crippen LogP contribution < -0.4 is 9.47 Å². The van der Waals surface area contributed by atoms with Gasteiger partial charge in [-0.2, -0.15) is 0 Å². The molecule has 4 fully saturated rings. The largest absolute Gasteiger partial charge is 0.497 e. The molecule has 12 atom stereocenters. The van der Waals surface area contributed by atoms with Crippen LogP contribution in [0.4, 0.5) is 0 Å². The fourth-order valence-corrected chi connectivity index (χ4v) is 9.49. The Kier molecular flexibility index (Phi) is 15.6. The zero-order valence-corrected chi connectivity index (χ0v) is 39.4. The van der Waals surface area contributed by atoms with Crippen LogP contribution >= 0.6 is 0 Å². The fraction of sp³-hybridized carbons (Fsp3) is 0.490. The van der Waals surface area contributed by atoms with Crippen LogP contribution in [-0.2, 0) is 65.0 Å². The number of rotatable bonds is 17. The number of methoxy groups -OCH3 is 2. The quantitative estimate of drug-likeness (QED) is 0.0742. The van der Waals surface area contributed by atoms with E-state index in [9.17, 15) is 0 Å². The minimum absolute atomic E-state index is 0.178. The molecule has 65 heavy (non-hydrogen) atoms. The second-order valence-electron chi connectivity index (χ2n) is 18.3. The molecule has 2 unspecified atom stereocenters. The van der Waals surface area contributed by atoms with Gasteiger partial charge in [0.05, 0.1) is 47.3 Å². The van der Waals surface area contributed by atoms with Crippen LogP contribution in [0.25, 0.3) is 0 Å². The summed E-state index contributed by atoms with van der Waals surface area (Å²) < 4.78 is 86.2. The van der Waals surface area contributed by atoms with Gasteiger partial charge in [0.15, 0.2) is 33.5 Å². The van der Waals surface area contributed by atoms with E-state index in [4.69, 9.17) is 61.3 Å². The van der Waals surface area contributed by atoms with Crippen LogP contribution in [0.2, 0.25) is 18.1 Å². The predicted octanol–water partition coefficient (Wildman–Crippen LogP) is 8.83. The average Bonchev–Trinajstić information content (AvgIpc) is 3.33. The summed E-state index contributed by atoms with van der Waals surface area (Å²) in [6.45, 7) is 16.0. The molecule has 8 rings (SSSR count). The SMILES string of the molecule is C=CCO[C@H]1O[C@@H]2COC(c3ccccc3)O[C@H]2[C@H](OCc2ccc(OC)cc2)[C@@H]1O[C@@H]1O[C@@H]2COC(c3ccccc3)O[C@H]2[C@H](OCc2ccc(OC)cc2)[C@@H]1O[Si](C)(C)C(C)(C)C. The molecule has 4 aliphatic heterocycles. The lowest BCUT2D eigenvalue weighted by atomic mass is 9.95. The molecule has 4 saturated heterocycles. The summed E-state index contributed by atoms with van der Waals surface area (Å²) in [5.74, 6) is 1.50. The first-order chi connectivity index (χ1) is 31.4. The molecule has 0 N–H and O–H groups in total. The number of fused-ring (bicyclic) bond motifs is 2. The molecule has 4 heterocycles. The molecule has 350 valence electrons. The highest BCUT2D eigenvalue weighted by atomic mass is 28.4. The second-order valence-corrected chi connectivity index (χ2v) is 23.0. The van der Waals surface area contributed by atoms with E-state index in [1.807, 2.05) is 109 Å². The lowest BCUT2D eigenvalue weighted by Gasteiger charge is -2.54. The molecular weight excluding hydrogens is 849 g/mol. The van der Waals surface area contributed by atoms with Gasteiger partial charge in [0.25, 0.3) is 0 Å². The molecule has 0 bridgehead atoms. The molecule has 0 spiro atoms. The van der Waals surface area contributed by atoms with E-state index in [1.54, 1.807) is 20.3 Å². The summed E-state index contributed by atoms with van der Waals surface area (Å²) in [6, 6.07) is 35.3. The van der Waals surface area contributed by atoms with Crippen molar-refractivity contribution in [2.24, 2.45) is 0 Å². The maximum Gasteiger partial charge on any atom is 0.192 e. The number of hydrogen-bond donors (Lipinski definition) is 0. The molecule has 4 aliphatic rings. The Morgan fingerprint density at radius 1 is 0.585 bits per heavy atom. The van der Waals surface area contributed by atoms with Crippen LogP contribution in [0.5, 0.6) is 11.5 Å². The first kappa shape index (κ1) is 47.5. The summed E-state index contributed by atoms with van der Waals surface area (Å²) in [4.78, 5) is 0. The van der Waals surface area contributed by atoms with Gasteiger partial charge >= 0.3 is 0 Å². The van der Waals surface area contributed by atoms with E-state index < -0.39 is 82.3 Å². The van der Waals surface area contributed by atoms with Crippen LogP contribution in [0.15, 0.2) is 122 Å². The van der Waals surface area contributed by atoms with Gasteiger partial charge < -0.3 is 61.3 Å². The Balaban J connectivity index is 1.17. The van der Waals surface area contributed by atoms with Gasteiger partial charge in [0.1, 0.15) is 60.3 Å². The van der Waals surface area contributed by atoms with Crippen molar-refractivity contribution in [3.05, 3.63) is 144 Å². The predicted molar refractivity (Wildman–Crippen MR) is 244 cm³/mol. The van der Waals surface area contributed by atoms with Crippen LogP contribution in [0, 0.1) is 0 Å². The molecule has 14 heteroatoms. The van der Waals surface area contributed by atoms with Gasteiger partial charge in [0.2, 0.25) is 0 Å². The minimum atomic E-state index is -2.60. The summed E-state index contributed by atoms with van der Waals surface area (Å²) in [5, 5.41) is -0.193. The fourth-order valence-electron chi connectivity index (χ4n) is 8.21. The third-order valence-electron chi connectivity index (χ3n) is 12.8. The summed E-state index contributed by atoms with van der Waals surface area (Å²) in [5.41, 5.74) is 3.63. The van der Waals surface area contributed by atoms with E-state index in [0.717, 1.165) is 33.8 Å². The van der Waals surface area contributed by atoms with Gasteiger partial charge in [-0.25, -0.2) is 0 Å². The molecule has 0 saturated carbocycles. The van der Waals surface area contributed by atoms with E-state index in [0.29, 0.717) is 0 Å². The van der Waals surface area contributed by atoms with E-state index in [1.165, 1.54) is 0 Å². The Morgan fingerprint density at radius 3 is 1.49 bits per heavy atom. The number of ether oxygens (including phenoxy) is 12. The zero-order valence-electron chi connectivity index (χ0n) is 38.4. The van der Waals surface area contributed by atoms with Gasteiger partial charge in [0, 0.05) is 11.1 Å². The molecule has 4 aromatic rings. The highest BCUT2D eigenvalue weighted by Gasteiger charge is 2.58. The Morgan fingerprint density at radius 2 is 1.05 bits per heavy atom. The molecule has 13 nitrogen and oxygen atoms in total. The average molecular weight is 913 g/mol. The van der Waals surface area contributed by atoms with Crippen molar-refractivity contribution in [3.63, 3.8) is 0 Å². The minimum Gasteiger partial charge on any atom is -0.497 e. The summed E-state index contributed by atoms with van der Waals surface area (Å²) >= 11 is 0. The van der Waals surface area contributed by atoms with Crippen molar-refractivity contribution in [2.75, 3.05) is 34.0 Å². The summed E-state index contributed by atoms with van der Waals surface area (Å²) in [6.07, 6.45) is -7.21. The normalized spacial score (nSPS) is 30.4. The molecule has 0 amide bonds. The second kappa shape index (κ2) is 21.3. The van der Waals surface area contributed by atoms with Crippen LogP contribution in [-0.4, -0.2) is 104 Å². The third-order valence-corrected chi connectivity index (χ3v) is 17.3. The van der Waals surface area contributed by atoms with E-state index in [-0.39, 0.29) is 38.1 Å². The lowest BCUT2D eigenvalue weighted by Crippen LogP contribution is -2.69. The van der Waals surface area contributed by atoms with Crippen molar-refractivity contribution in [1.82, 2.24) is 0 Å². The van der Waals surface area contributed by atoms with Crippen molar-refractivity contribution < 1.29 is 61.3 Å². The smallest absolute Gasteiger partial charge is 0.192 e. The van der Waals surface area contributed by atoms with Crippen molar-refractivity contribution in [1.29, 1.82) is 0 Å². The maximum absolute atomic E-state index is 7.43. The topological polar surface area (TPSA) is 120 Å². The van der Waals surface area contributed by atoms with Gasteiger partial charge in [-0.3, -0.25) is 0 Å². The molecule has 0 radical (unpaired) electrons. The van der Waals surface area contributed by atoms with E-state index >= 15 is 0 Å². The molecule has 0 aliphatic carbocycles. The van der Waals surface area contributed by atoms with Gasteiger partial charge in [-0.15, -0.1) is 6.58 Å².